The van der Waals surface area contributed by atoms with Crippen LogP contribution in [0.1, 0.15) is 44.9 Å². The van der Waals surface area contributed by atoms with Crippen LogP contribution in [-0.2, 0) is 9.53 Å². The molecule has 2 aromatic rings. The van der Waals surface area contributed by atoms with Crippen molar-refractivity contribution in [2.45, 2.75) is 46.8 Å². The molecule has 1 aliphatic heterocycles. The van der Waals surface area contributed by atoms with Crippen molar-refractivity contribution < 1.29 is 14.3 Å². The first-order valence-electron chi connectivity index (χ1n) is 10.9. The van der Waals surface area contributed by atoms with Gasteiger partial charge in [-0.3, -0.25) is 0 Å². The summed E-state index contributed by atoms with van der Waals surface area (Å²) in [6.07, 6.45) is -0.235. The van der Waals surface area contributed by atoms with Gasteiger partial charge in [-0.2, -0.15) is 0 Å². The van der Waals surface area contributed by atoms with Gasteiger partial charge in [0.05, 0.1) is 17.7 Å². The second kappa shape index (κ2) is 10.5. The summed E-state index contributed by atoms with van der Waals surface area (Å²) in [6.45, 7) is 10.1. The van der Waals surface area contributed by atoms with Crippen molar-refractivity contribution in [2.75, 3.05) is 17.2 Å². The average molecular weight is 467 g/mol. The van der Waals surface area contributed by atoms with Gasteiger partial charge in [0.1, 0.15) is 0 Å². The predicted octanol–water partition coefficient (Wildman–Crippen LogP) is 5.12. The smallest absolute Gasteiger partial charge is 0.338 e. The van der Waals surface area contributed by atoms with Crippen molar-refractivity contribution in [1.29, 1.82) is 0 Å². The van der Waals surface area contributed by atoms with Crippen LogP contribution in [0.4, 0.5) is 16.2 Å². The van der Waals surface area contributed by atoms with E-state index in [9.17, 15) is 9.59 Å². The molecule has 2 amide bonds. The van der Waals surface area contributed by atoms with Crippen molar-refractivity contribution in [3.63, 3.8) is 0 Å². The van der Waals surface area contributed by atoms with E-state index in [1.807, 2.05) is 75.9 Å². The van der Waals surface area contributed by atoms with E-state index in [-0.39, 0.29) is 18.1 Å². The fourth-order valence-electron chi connectivity index (χ4n) is 3.64. The average Bonchev–Trinajstić information content (AvgIpc) is 2.75. The first-order chi connectivity index (χ1) is 15.7. The standard InChI is InChI=1S/C25H30N4O3S/c1-6-29-17(5)21(23(30)32-15(2)3)22(28-25(29)33)18-9-13-20(14-10-18)27-24(31)26-19-11-7-16(4)8-12-19/h7-15,22H,6H2,1-5H3,(H,28,33)(H2,26,27,31)/t22-/m1/s1. The zero-order valence-electron chi connectivity index (χ0n) is 19.6. The van der Waals surface area contributed by atoms with Crippen LogP contribution in [0.25, 0.3) is 0 Å². The highest BCUT2D eigenvalue weighted by Crippen LogP contribution is 2.32. The summed E-state index contributed by atoms with van der Waals surface area (Å²) in [5.41, 5.74) is 4.60. The molecule has 174 valence electrons. The van der Waals surface area contributed by atoms with E-state index in [4.69, 9.17) is 17.0 Å². The number of nitrogens with one attached hydrogen (secondary N) is 3. The Morgan fingerprint density at radius 3 is 2.09 bits per heavy atom. The maximum Gasteiger partial charge on any atom is 0.338 e. The molecule has 0 radical (unpaired) electrons. The minimum absolute atomic E-state index is 0.235. The second-order valence-corrected chi connectivity index (χ2v) is 8.53. The monoisotopic (exact) mass is 466 g/mol. The lowest BCUT2D eigenvalue weighted by molar-refractivity contribution is -0.143. The summed E-state index contributed by atoms with van der Waals surface area (Å²) < 4.78 is 5.51. The molecule has 1 aliphatic rings. The maximum absolute atomic E-state index is 12.9. The van der Waals surface area contributed by atoms with E-state index in [0.29, 0.717) is 28.6 Å². The molecule has 0 saturated carbocycles. The van der Waals surface area contributed by atoms with E-state index in [2.05, 4.69) is 16.0 Å². The lowest BCUT2D eigenvalue weighted by Gasteiger charge is -2.37. The number of aryl methyl sites for hydroxylation is 1. The van der Waals surface area contributed by atoms with Crippen LogP contribution in [0.2, 0.25) is 0 Å². The molecule has 0 saturated heterocycles. The van der Waals surface area contributed by atoms with Crippen LogP contribution in [0, 0.1) is 6.92 Å². The summed E-state index contributed by atoms with van der Waals surface area (Å²) in [4.78, 5) is 27.1. The fraction of sp³-hybridized carbons (Fsp3) is 0.320. The number of thiocarbonyl (C=S) groups is 1. The van der Waals surface area contributed by atoms with Gasteiger partial charge >= 0.3 is 12.0 Å². The van der Waals surface area contributed by atoms with E-state index in [0.717, 1.165) is 16.8 Å². The molecule has 0 spiro atoms. The Hall–Kier alpha value is -3.39. The number of amides is 2. The lowest BCUT2D eigenvalue weighted by Crippen LogP contribution is -2.47. The Balaban J connectivity index is 1.79. The van der Waals surface area contributed by atoms with Crippen LogP contribution >= 0.6 is 12.2 Å². The van der Waals surface area contributed by atoms with E-state index in [1.165, 1.54) is 0 Å². The number of hydrogen-bond acceptors (Lipinski definition) is 4. The number of rotatable bonds is 6. The lowest BCUT2D eigenvalue weighted by atomic mass is 9.94. The topological polar surface area (TPSA) is 82.7 Å². The molecule has 3 N–H and O–H groups in total. The van der Waals surface area contributed by atoms with Crippen molar-refractivity contribution >= 4 is 40.7 Å². The number of anilines is 2. The summed E-state index contributed by atoms with van der Waals surface area (Å²) in [7, 11) is 0. The number of benzene rings is 2. The van der Waals surface area contributed by atoms with Gasteiger partial charge in [-0.05, 0) is 76.7 Å². The first-order valence-corrected chi connectivity index (χ1v) is 11.3. The van der Waals surface area contributed by atoms with Crippen molar-refractivity contribution in [3.05, 3.63) is 70.9 Å². The van der Waals surface area contributed by atoms with Crippen LogP contribution < -0.4 is 16.0 Å². The summed E-state index contributed by atoms with van der Waals surface area (Å²) >= 11 is 5.52. The van der Waals surface area contributed by atoms with Crippen molar-refractivity contribution in [3.8, 4) is 0 Å². The molecule has 1 heterocycles. The number of urea groups is 1. The Morgan fingerprint density at radius 2 is 1.58 bits per heavy atom. The molecular formula is C25H30N4O3S. The second-order valence-electron chi connectivity index (χ2n) is 8.15. The third kappa shape index (κ3) is 5.90. The van der Waals surface area contributed by atoms with Gasteiger partial charge in [0.2, 0.25) is 0 Å². The summed E-state index contributed by atoms with van der Waals surface area (Å²) in [5.74, 6) is -0.374. The number of carbonyl (C=O) groups excluding carboxylic acids is 2. The molecule has 0 aliphatic carbocycles. The molecule has 7 nitrogen and oxygen atoms in total. The van der Waals surface area contributed by atoms with E-state index < -0.39 is 6.04 Å². The van der Waals surface area contributed by atoms with E-state index in [1.54, 1.807) is 12.1 Å². The van der Waals surface area contributed by atoms with Crippen LogP contribution in [-0.4, -0.2) is 34.7 Å². The van der Waals surface area contributed by atoms with Crippen molar-refractivity contribution in [2.24, 2.45) is 0 Å². The number of esters is 1. The zero-order chi connectivity index (χ0) is 24.1. The summed E-state index contributed by atoms with van der Waals surface area (Å²) in [6, 6.07) is 14.1. The summed E-state index contributed by atoms with van der Waals surface area (Å²) in [5, 5.41) is 9.45. The molecule has 2 aromatic carbocycles. The highest BCUT2D eigenvalue weighted by Gasteiger charge is 2.34. The number of carbonyl (C=O) groups is 2. The maximum atomic E-state index is 12.9. The molecule has 0 unspecified atom stereocenters. The van der Waals surface area contributed by atoms with Crippen molar-refractivity contribution in [1.82, 2.24) is 10.2 Å². The van der Waals surface area contributed by atoms with Crippen LogP contribution in [0.15, 0.2) is 59.8 Å². The van der Waals surface area contributed by atoms with E-state index >= 15 is 0 Å². The third-order valence-electron chi connectivity index (χ3n) is 5.29. The first kappa shape index (κ1) is 24.3. The quantitative estimate of drug-likeness (QED) is 0.405. The molecule has 1 atom stereocenters. The number of nitrogens with zero attached hydrogens (tertiary/aromatic N) is 1. The van der Waals surface area contributed by atoms with Gasteiger partial charge in [-0.25, -0.2) is 9.59 Å². The zero-order valence-corrected chi connectivity index (χ0v) is 20.4. The molecule has 8 heteroatoms. The Morgan fingerprint density at radius 1 is 1.03 bits per heavy atom. The fourth-order valence-corrected chi connectivity index (χ4v) is 4.03. The Bertz CT molecular complexity index is 1060. The third-order valence-corrected chi connectivity index (χ3v) is 5.62. The van der Waals surface area contributed by atoms with Crippen LogP contribution in [0.5, 0.6) is 0 Å². The molecule has 0 bridgehead atoms. The van der Waals surface area contributed by atoms with Gasteiger partial charge in [-0.15, -0.1) is 0 Å². The largest absolute Gasteiger partial charge is 0.459 e. The van der Waals surface area contributed by atoms with Gasteiger partial charge in [0.15, 0.2) is 5.11 Å². The number of ether oxygens (including phenoxy) is 1. The van der Waals surface area contributed by atoms with Crippen LogP contribution in [0.3, 0.4) is 0 Å². The SMILES string of the molecule is CCN1C(=S)N[C@H](c2ccc(NC(=O)Nc3ccc(C)cc3)cc2)C(C(=O)OC(C)C)=C1C. The predicted molar refractivity (Wildman–Crippen MR) is 135 cm³/mol. The Kier molecular flexibility index (Phi) is 7.71. The number of allylic oxidation sites excluding steroid dienone is 1. The molecular weight excluding hydrogens is 436 g/mol. The minimum Gasteiger partial charge on any atom is -0.459 e. The minimum atomic E-state index is -0.443. The molecule has 0 aromatic heterocycles. The normalized spacial score (nSPS) is 15.9. The van der Waals surface area contributed by atoms with Gasteiger partial charge < -0.3 is 25.6 Å². The molecule has 3 rings (SSSR count). The molecule has 0 fully saturated rings. The Labute approximate surface area is 200 Å². The van der Waals surface area contributed by atoms with Gasteiger partial charge in [0.25, 0.3) is 0 Å². The highest BCUT2D eigenvalue weighted by molar-refractivity contribution is 7.80. The molecule has 33 heavy (non-hydrogen) atoms. The highest BCUT2D eigenvalue weighted by atomic mass is 32.1. The number of hydrogen-bond donors (Lipinski definition) is 3. The van der Waals surface area contributed by atoms with Gasteiger partial charge in [0, 0.05) is 23.6 Å². The van der Waals surface area contributed by atoms with Gasteiger partial charge in [-0.1, -0.05) is 29.8 Å².